The number of aliphatic imine (C=N–C) groups is 1. The van der Waals surface area contributed by atoms with Crippen LogP contribution in [0.15, 0.2) is 4.99 Å². The molecule has 2 N–H and O–H groups in total. The normalized spacial score (nSPS) is 27.5. The Morgan fingerprint density at radius 1 is 1.27 bits per heavy atom. The Morgan fingerprint density at radius 2 is 2.05 bits per heavy atom. The van der Waals surface area contributed by atoms with Gasteiger partial charge >= 0.3 is 0 Å². The van der Waals surface area contributed by atoms with Gasteiger partial charge < -0.3 is 20.1 Å². The molecule has 0 radical (unpaired) electrons. The van der Waals surface area contributed by atoms with E-state index >= 15 is 0 Å². The topological polar surface area (TPSA) is 54.9 Å². The predicted octanol–water partition coefficient (Wildman–Crippen LogP) is 2.32. The summed E-state index contributed by atoms with van der Waals surface area (Å²) in [6.07, 6.45) is 9.15. The van der Waals surface area contributed by atoms with Crippen LogP contribution in [-0.2, 0) is 9.47 Å². The Labute approximate surface area is 135 Å². The van der Waals surface area contributed by atoms with Crippen molar-refractivity contribution in [3.8, 4) is 0 Å². The van der Waals surface area contributed by atoms with E-state index in [9.17, 15) is 0 Å². The molecule has 2 aliphatic carbocycles. The number of methoxy groups -OCH3 is 1. The van der Waals surface area contributed by atoms with Crippen molar-refractivity contribution >= 4 is 5.96 Å². The first-order chi connectivity index (χ1) is 10.8. The Balaban J connectivity index is 1.87. The van der Waals surface area contributed by atoms with Crippen LogP contribution < -0.4 is 10.6 Å². The maximum absolute atomic E-state index is 6.01. The first-order valence-corrected chi connectivity index (χ1v) is 8.84. The molecule has 0 amide bonds. The van der Waals surface area contributed by atoms with Gasteiger partial charge in [0.2, 0.25) is 0 Å². The molecule has 0 aliphatic heterocycles. The predicted molar refractivity (Wildman–Crippen MR) is 90.3 cm³/mol. The number of hydrogen-bond donors (Lipinski definition) is 2. The van der Waals surface area contributed by atoms with E-state index in [1.54, 1.807) is 7.11 Å². The number of nitrogens with one attached hydrogen (secondary N) is 2. The van der Waals surface area contributed by atoms with Crippen molar-refractivity contribution in [3.63, 3.8) is 0 Å². The average Bonchev–Trinajstić information content (AvgIpc) is 2.56. The maximum atomic E-state index is 6.01. The summed E-state index contributed by atoms with van der Waals surface area (Å²) in [5, 5.41) is 7.04. The summed E-state index contributed by atoms with van der Waals surface area (Å²) in [6, 6.07) is 0.498. The highest BCUT2D eigenvalue weighted by molar-refractivity contribution is 5.80. The second-order valence-corrected chi connectivity index (χ2v) is 6.52. The minimum absolute atomic E-state index is 0.332. The Bertz CT molecular complexity index is 354. The van der Waals surface area contributed by atoms with Gasteiger partial charge in [-0.3, -0.25) is 4.99 Å². The average molecular weight is 311 g/mol. The SMILES string of the molecule is CCOC1CC(NC(=NC)NCCCOC)C12CCCCC2. The van der Waals surface area contributed by atoms with Crippen LogP contribution in [0.4, 0.5) is 0 Å². The van der Waals surface area contributed by atoms with Gasteiger partial charge in [0.1, 0.15) is 0 Å². The fraction of sp³-hybridized carbons (Fsp3) is 0.941. The van der Waals surface area contributed by atoms with Gasteiger partial charge in [-0.05, 0) is 32.6 Å². The second-order valence-electron chi connectivity index (χ2n) is 6.52. The first kappa shape index (κ1) is 17.5. The van der Waals surface area contributed by atoms with E-state index in [4.69, 9.17) is 9.47 Å². The molecule has 2 saturated carbocycles. The molecule has 128 valence electrons. The lowest BCUT2D eigenvalue weighted by molar-refractivity contribution is -0.145. The fourth-order valence-electron chi connectivity index (χ4n) is 4.05. The zero-order valence-electron chi connectivity index (χ0n) is 14.5. The molecule has 5 heteroatoms. The van der Waals surface area contributed by atoms with Crippen molar-refractivity contribution in [2.75, 3.05) is 33.9 Å². The molecule has 2 fully saturated rings. The monoisotopic (exact) mass is 311 g/mol. The summed E-state index contributed by atoms with van der Waals surface area (Å²) >= 11 is 0. The molecule has 2 atom stereocenters. The van der Waals surface area contributed by atoms with Gasteiger partial charge in [0, 0.05) is 45.4 Å². The minimum atomic E-state index is 0.332. The third kappa shape index (κ3) is 3.93. The molecule has 0 aromatic rings. The first-order valence-electron chi connectivity index (χ1n) is 8.84. The van der Waals surface area contributed by atoms with Crippen LogP contribution in [0.1, 0.15) is 51.9 Å². The third-order valence-corrected chi connectivity index (χ3v) is 5.29. The number of hydrogen-bond acceptors (Lipinski definition) is 3. The van der Waals surface area contributed by atoms with Crippen LogP contribution in [0.25, 0.3) is 0 Å². The van der Waals surface area contributed by atoms with Crippen molar-refractivity contribution in [1.29, 1.82) is 0 Å². The maximum Gasteiger partial charge on any atom is 0.191 e. The van der Waals surface area contributed by atoms with E-state index < -0.39 is 0 Å². The molecule has 0 bridgehead atoms. The standard InChI is InChI=1S/C17H33N3O2/c1-4-22-15-13-14(17(15)9-6-5-7-10-17)20-16(18-2)19-11-8-12-21-3/h14-15H,4-13H2,1-3H3,(H2,18,19,20). The van der Waals surface area contributed by atoms with Crippen LogP contribution in [0.2, 0.25) is 0 Å². The van der Waals surface area contributed by atoms with Crippen LogP contribution in [-0.4, -0.2) is 52.0 Å². The summed E-state index contributed by atoms with van der Waals surface area (Å²) in [5.74, 6) is 0.918. The van der Waals surface area contributed by atoms with Crippen LogP contribution in [0, 0.1) is 5.41 Å². The van der Waals surface area contributed by atoms with Crippen molar-refractivity contribution in [1.82, 2.24) is 10.6 Å². The number of nitrogens with zero attached hydrogens (tertiary/aromatic N) is 1. The van der Waals surface area contributed by atoms with Gasteiger partial charge in [0.05, 0.1) is 6.10 Å². The largest absolute Gasteiger partial charge is 0.385 e. The lowest BCUT2D eigenvalue weighted by Gasteiger charge is -2.57. The zero-order chi connectivity index (χ0) is 15.8. The number of ether oxygens (including phenoxy) is 2. The molecule has 2 rings (SSSR count). The fourth-order valence-corrected chi connectivity index (χ4v) is 4.05. The van der Waals surface area contributed by atoms with Gasteiger partial charge in [0.15, 0.2) is 5.96 Å². The summed E-state index contributed by atoms with van der Waals surface area (Å²) in [7, 11) is 3.58. The van der Waals surface area contributed by atoms with Crippen molar-refractivity contribution in [3.05, 3.63) is 0 Å². The summed E-state index contributed by atoms with van der Waals surface area (Å²) in [5.41, 5.74) is 0.332. The molecular formula is C17H33N3O2. The molecule has 0 aromatic carbocycles. The van der Waals surface area contributed by atoms with E-state index in [-0.39, 0.29) is 0 Å². The highest BCUT2D eigenvalue weighted by Crippen LogP contribution is 2.53. The summed E-state index contributed by atoms with van der Waals surface area (Å²) in [6.45, 7) is 4.60. The van der Waals surface area contributed by atoms with Crippen molar-refractivity contribution in [2.24, 2.45) is 10.4 Å². The summed E-state index contributed by atoms with van der Waals surface area (Å²) < 4.78 is 11.1. The van der Waals surface area contributed by atoms with E-state index in [2.05, 4.69) is 22.5 Å². The van der Waals surface area contributed by atoms with Crippen molar-refractivity contribution in [2.45, 2.75) is 64.0 Å². The molecule has 5 nitrogen and oxygen atoms in total. The Morgan fingerprint density at radius 3 is 2.68 bits per heavy atom. The molecule has 0 saturated heterocycles. The zero-order valence-corrected chi connectivity index (χ0v) is 14.5. The van der Waals surface area contributed by atoms with Crippen LogP contribution in [0.5, 0.6) is 0 Å². The van der Waals surface area contributed by atoms with Gasteiger partial charge in [-0.15, -0.1) is 0 Å². The Hall–Kier alpha value is -0.810. The molecule has 0 aromatic heterocycles. The molecule has 1 spiro atoms. The Kier molecular flexibility index (Phi) is 6.96. The lowest BCUT2D eigenvalue weighted by atomic mass is 9.55. The number of guanidine groups is 1. The van der Waals surface area contributed by atoms with Gasteiger partial charge in [-0.1, -0.05) is 19.3 Å². The highest BCUT2D eigenvalue weighted by Gasteiger charge is 2.55. The second kappa shape index (κ2) is 8.73. The quantitative estimate of drug-likeness (QED) is 0.430. The van der Waals surface area contributed by atoms with E-state index in [1.807, 2.05) is 7.05 Å². The molecular weight excluding hydrogens is 278 g/mol. The van der Waals surface area contributed by atoms with Gasteiger partial charge in [0.25, 0.3) is 0 Å². The van der Waals surface area contributed by atoms with Gasteiger partial charge in [-0.25, -0.2) is 0 Å². The molecule has 2 aliphatic rings. The molecule has 2 unspecified atom stereocenters. The smallest absolute Gasteiger partial charge is 0.191 e. The van der Waals surface area contributed by atoms with E-state index in [1.165, 1.54) is 32.1 Å². The molecule has 22 heavy (non-hydrogen) atoms. The number of rotatable bonds is 7. The summed E-state index contributed by atoms with van der Waals surface area (Å²) in [4.78, 5) is 4.37. The van der Waals surface area contributed by atoms with E-state index in [0.717, 1.165) is 38.6 Å². The highest BCUT2D eigenvalue weighted by atomic mass is 16.5. The molecule has 0 heterocycles. The van der Waals surface area contributed by atoms with Crippen molar-refractivity contribution < 1.29 is 9.47 Å². The van der Waals surface area contributed by atoms with Crippen LogP contribution >= 0.6 is 0 Å². The van der Waals surface area contributed by atoms with E-state index in [0.29, 0.717) is 17.6 Å². The minimum Gasteiger partial charge on any atom is -0.385 e. The van der Waals surface area contributed by atoms with Crippen LogP contribution in [0.3, 0.4) is 0 Å². The lowest BCUT2D eigenvalue weighted by Crippen LogP contribution is -2.66. The third-order valence-electron chi connectivity index (χ3n) is 5.29. The van der Waals surface area contributed by atoms with Gasteiger partial charge in [-0.2, -0.15) is 0 Å².